The minimum atomic E-state index is -0.354. The van der Waals surface area contributed by atoms with Gasteiger partial charge in [0.2, 0.25) is 0 Å². The number of nitrogens with zero attached hydrogens (tertiary/aromatic N) is 1. The molecular formula is C15H20FN3O2S. The molecule has 7 heteroatoms. The number of carbonyl (C=O) groups excluding carboxylic acids is 1. The van der Waals surface area contributed by atoms with E-state index in [2.05, 4.69) is 10.7 Å². The average molecular weight is 325 g/mol. The Morgan fingerprint density at radius 2 is 2.27 bits per heavy atom. The van der Waals surface area contributed by atoms with E-state index >= 15 is 0 Å². The fraction of sp³-hybridized carbons (Fsp3) is 0.333. The topological polar surface area (TPSA) is 53.6 Å². The van der Waals surface area contributed by atoms with Crippen LogP contribution in [0.2, 0.25) is 0 Å². The van der Waals surface area contributed by atoms with Gasteiger partial charge in [-0.1, -0.05) is 12.1 Å². The number of halogens is 1. The fourth-order valence-corrected chi connectivity index (χ4v) is 1.71. The van der Waals surface area contributed by atoms with Crippen LogP contribution in [0.5, 0.6) is 0 Å². The molecule has 0 aliphatic heterocycles. The van der Waals surface area contributed by atoms with E-state index in [0.717, 1.165) is 6.42 Å². The van der Waals surface area contributed by atoms with Gasteiger partial charge in [-0.15, -0.1) is 0 Å². The standard InChI is InChI=1S/C15H20FN3O2S/c1-19(15(22)17-9-4-10-21-2)18-14(20)8-7-12-5-3-6-13(16)11-12/h3,5-8,11H,4,9-10H2,1-2H3,(H,17,22)(H,18,20)/b8-7+. The van der Waals surface area contributed by atoms with E-state index in [9.17, 15) is 9.18 Å². The van der Waals surface area contributed by atoms with Gasteiger partial charge in [-0.05, 0) is 42.4 Å². The number of hydrogen-bond acceptors (Lipinski definition) is 3. The maximum atomic E-state index is 13.0. The molecule has 1 amide bonds. The average Bonchev–Trinajstić information content (AvgIpc) is 2.49. The Morgan fingerprint density at radius 3 is 2.95 bits per heavy atom. The molecule has 22 heavy (non-hydrogen) atoms. The molecule has 0 aromatic heterocycles. The first-order valence-electron chi connectivity index (χ1n) is 6.77. The highest BCUT2D eigenvalue weighted by atomic mass is 32.1. The number of rotatable bonds is 6. The predicted molar refractivity (Wildman–Crippen MR) is 88.4 cm³/mol. The highest BCUT2D eigenvalue weighted by Crippen LogP contribution is 2.05. The van der Waals surface area contributed by atoms with Crippen LogP contribution in [0, 0.1) is 5.82 Å². The van der Waals surface area contributed by atoms with E-state index in [1.165, 1.54) is 29.3 Å². The first-order valence-corrected chi connectivity index (χ1v) is 7.18. The monoisotopic (exact) mass is 325 g/mol. The summed E-state index contributed by atoms with van der Waals surface area (Å²) in [6, 6.07) is 5.98. The van der Waals surface area contributed by atoms with Crippen molar-refractivity contribution in [3.8, 4) is 0 Å². The summed E-state index contributed by atoms with van der Waals surface area (Å²) in [5.41, 5.74) is 3.19. The van der Waals surface area contributed by atoms with E-state index in [0.29, 0.717) is 23.8 Å². The molecule has 5 nitrogen and oxygen atoms in total. The van der Waals surface area contributed by atoms with Gasteiger partial charge >= 0.3 is 0 Å². The zero-order chi connectivity index (χ0) is 16.4. The number of hydrogen-bond donors (Lipinski definition) is 2. The van der Waals surface area contributed by atoms with Crippen molar-refractivity contribution in [3.05, 3.63) is 41.7 Å². The van der Waals surface area contributed by atoms with Crippen molar-refractivity contribution in [3.63, 3.8) is 0 Å². The van der Waals surface area contributed by atoms with Gasteiger partial charge in [0.05, 0.1) is 0 Å². The molecule has 0 spiro atoms. The smallest absolute Gasteiger partial charge is 0.262 e. The van der Waals surface area contributed by atoms with Gasteiger partial charge in [-0.2, -0.15) is 0 Å². The molecule has 1 rings (SSSR count). The van der Waals surface area contributed by atoms with Gasteiger partial charge in [0.25, 0.3) is 5.91 Å². The quantitative estimate of drug-likeness (QED) is 0.361. The lowest BCUT2D eigenvalue weighted by Gasteiger charge is -2.20. The molecule has 0 saturated heterocycles. The molecule has 0 aliphatic rings. The van der Waals surface area contributed by atoms with Crippen LogP contribution in [-0.2, 0) is 9.53 Å². The van der Waals surface area contributed by atoms with Crippen molar-refractivity contribution in [2.75, 3.05) is 27.3 Å². The molecule has 0 atom stereocenters. The highest BCUT2D eigenvalue weighted by molar-refractivity contribution is 7.80. The van der Waals surface area contributed by atoms with Crippen molar-refractivity contribution >= 4 is 29.3 Å². The van der Waals surface area contributed by atoms with Gasteiger partial charge in [0.1, 0.15) is 5.82 Å². The normalized spacial score (nSPS) is 10.5. The van der Waals surface area contributed by atoms with Crippen LogP contribution in [0.3, 0.4) is 0 Å². The number of benzene rings is 1. The molecule has 0 bridgehead atoms. The molecule has 0 unspecified atom stereocenters. The molecule has 0 fully saturated rings. The van der Waals surface area contributed by atoms with E-state index in [1.807, 2.05) is 0 Å². The Balaban J connectivity index is 2.38. The molecule has 0 heterocycles. The minimum absolute atomic E-state index is 0.346. The Kier molecular flexibility index (Phi) is 8.09. The largest absolute Gasteiger partial charge is 0.385 e. The molecule has 1 aromatic rings. The zero-order valence-electron chi connectivity index (χ0n) is 12.6. The number of methoxy groups -OCH3 is 1. The maximum absolute atomic E-state index is 13.0. The van der Waals surface area contributed by atoms with Crippen LogP contribution in [-0.4, -0.2) is 43.3 Å². The van der Waals surface area contributed by atoms with Crippen molar-refractivity contribution in [1.29, 1.82) is 0 Å². The Morgan fingerprint density at radius 1 is 1.50 bits per heavy atom. The lowest BCUT2D eigenvalue weighted by Crippen LogP contribution is -2.47. The van der Waals surface area contributed by atoms with Gasteiger partial charge in [0.15, 0.2) is 5.11 Å². The van der Waals surface area contributed by atoms with Crippen LogP contribution in [0.15, 0.2) is 30.3 Å². The Hall–Kier alpha value is -1.99. The first-order chi connectivity index (χ1) is 10.5. The summed E-state index contributed by atoms with van der Waals surface area (Å²) in [6.45, 7) is 1.30. The van der Waals surface area contributed by atoms with Crippen LogP contribution in [0.25, 0.3) is 6.08 Å². The minimum Gasteiger partial charge on any atom is -0.385 e. The lowest BCUT2D eigenvalue weighted by molar-refractivity contribution is -0.119. The third-order valence-corrected chi connectivity index (χ3v) is 3.08. The van der Waals surface area contributed by atoms with E-state index in [-0.39, 0.29) is 11.7 Å². The fourth-order valence-electron chi connectivity index (χ4n) is 1.57. The second kappa shape index (κ2) is 9.86. The maximum Gasteiger partial charge on any atom is 0.262 e. The summed E-state index contributed by atoms with van der Waals surface area (Å²) in [5, 5.41) is 4.82. The molecule has 1 aromatic carbocycles. The number of ether oxygens (including phenoxy) is 1. The first kappa shape index (κ1) is 18.1. The summed E-state index contributed by atoms with van der Waals surface area (Å²) in [6.07, 6.45) is 3.66. The molecule has 0 saturated carbocycles. The number of thiocarbonyl (C=S) groups is 1. The summed E-state index contributed by atoms with van der Waals surface area (Å²) in [4.78, 5) is 11.8. The van der Waals surface area contributed by atoms with Gasteiger partial charge in [-0.3, -0.25) is 15.2 Å². The summed E-state index contributed by atoms with van der Waals surface area (Å²) < 4.78 is 17.9. The number of hydrazine groups is 1. The Bertz CT molecular complexity index is 537. The predicted octanol–water partition coefficient (Wildman–Crippen LogP) is 1.71. The van der Waals surface area contributed by atoms with Crippen molar-refractivity contribution in [2.45, 2.75) is 6.42 Å². The number of amides is 1. The SMILES string of the molecule is COCCCNC(=S)N(C)NC(=O)/C=C/c1cccc(F)c1. The van der Waals surface area contributed by atoms with Gasteiger partial charge in [0, 0.05) is 33.4 Å². The van der Waals surface area contributed by atoms with Gasteiger partial charge < -0.3 is 10.1 Å². The van der Waals surface area contributed by atoms with Crippen molar-refractivity contribution in [1.82, 2.24) is 15.8 Å². The second-order valence-electron chi connectivity index (χ2n) is 4.50. The van der Waals surface area contributed by atoms with E-state index in [1.54, 1.807) is 26.3 Å². The number of nitrogens with one attached hydrogen (secondary N) is 2. The third-order valence-electron chi connectivity index (χ3n) is 2.66. The lowest BCUT2D eigenvalue weighted by atomic mass is 10.2. The number of carbonyl (C=O) groups is 1. The molecule has 0 radical (unpaired) electrons. The van der Waals surface area contributed by atoms with E-state index in [4.69, 9.17) is 17.0 Å². The van der Waals surface area contributed by atoms with Crippen molar-refractivity contribution < 1.29 is 13.9 Å². The summed E-state index contributed by atoms with van der Waals surface area (Å²) in [5.74, 6) is -0.700. The Labute approximate surface area is 135 Å². The summed E-state index contributed by atoms with van der Waals surface area (Å²) >= 11 is 5.13. The molecule has 120 valence electrons. The molecule has 2 N–H and O–H groups in total. The van der Waals surface area contributed by atoms with E-state index < -0.39 is 0 Å². The molecular weight excluding hydrogens is 305 g/mol. The van der Waals surface area contributed by atoms with Crippen LogP contribution in [0.1, 0.15) is 12.0 Å². The van der Waals surface area contributed by atoms with Crippen LogP contribution >= 0.6 is 12.2 Å². The zero-order valence-corrected chi connectivity index (χ0v) is 13.5. The van der Waals surface area contributed by atoms with Crippen LogP contribution in [0.4, 0.5) is 4.39 Å². The molecule has 0 aliphatic carbocycles. The van der Waals surface area contributed by atoms with Crippen molar-refractivity contribution in [2.24, 2.45) is 0 Å². The summed E-state index contributed by atoms with van der Waals surface area (Å²) in [7, 11) is 3.27. The highest BCUT2D eigenvalue weighted by Gasteiger charge is 2.05. The van der Waals surface area contributed by atoms with Gasteiger partial charge in [-0.25, -0.2) is 4.39 Å². The second-order valence-corrected chi connectivity index (χ2v) is 4.89. The van der Waals surface area contributed by atoms with Crippen LogP contribution < -0.4 is 10.7 Å². The third kappa shape index (κ3) is 7.14.